The van der Waals surface area contributed by atoms with Crippen molar-refractivity contribution in [3.8, 4) is 0 Å². The maximum atomic E-state index is 13.0. The number of nitrogens with zero attached hydrogens (tertiary/aromatic N) is 2. The van der Waals surface area contributed by atoms with Crippen molar-refractivity contribution < 1.29 is 9.18 Å². The second-order valence-electron chi connectivity index (χ2n) is 5.66. The van der Waals surface area contributed by atoms with Crippen molar-refractivity contribution >= 4 is 50.7 Å². The van der Waals surface area contributed by atoms with Crippen molar-refractivity contribution in [2.75, 3.05) is 0 Å². The van der Waals surface area contributed by atoms with Gasteiger partial charge in [0.15, 0.2) is 8.68 Å². The van der Waals surface area contributed by atoms with Gasteiger partial charge in [0, 0.05) is 11.3 Å². The maximum Gasteiger partial charge on any atom is 0.226 e. The minimum atomic E-state index is -0.361. The van der Waals surface area contributed by atoms with Gasteiger partial charge in [-0.1, -0.05) is 65.6 Å². The highest BCUT2D eigenvalue weighted by molar-refractivity contribution is 8.15. The average Bonchev–Trinajstić information content (AvgIpc) is 3.14. The predicted octanol–water partition coefficient (Wildman–Crippen LogP) is 6.06. The first-order chi connectivity index (χ1) is 13.2. The Morgan fingerprint density at radius 1 is 0.926 bits per heavy atom. The third kappa shape index (κ3) is 4.37. The van der Waals surface area contributed by atoms with Crippen molar-refractivity contribution in [2.24, 2.45) is 0 Å². The summed E-state index contributed by atoms with van der Waals surface area (Å²) in [4.78, 5) is 12.2. The lowest BCUT2D eigenvalue weighted by Gasteiger charge is -2.04. The molecule has 4 aromatic rings. The average molecular weight is 413 g/mol. The molecule has 0 amide bonds. The predicted molar refractivity (Wildman–Crippen MR) is 110 cm³/mol. The van der Waals surface area contributed by atoms with Crippen LogP contribution >= 0.6 is 34.9 Å². The summed E-state index contributed by atoms with van der Waals surface area (Å²) in [5.41, 5.74) is 1.69. The maximum absolute atomic E-state index is 13.0. The van der Waals surface area contributed by atoms with Crippen molar-refractivity contribution in [3.63, 3.8) is 0 Å². The van der Waals surface area contributed by atoms with E-state index >= 15 is 0 Å². The smallest absolute Gasteiger partial charge is 0.226 e. The van der Waals surface area contributed by atoms with Crippen LogP contribution in [0.5, 0.6) is 0 Å². The minimum Gasteiger partial charge on any atom is -0.281 e. The van der Waals surface area contributed by atoms with Crippen molar-refractivity contribution in [1.29, 1.82) is 0 Å². The van der Waals surface area contributed by atoms with E-state index in [9.17, 15) is 9.18 Å². The van der Waals surface area contributed by atoms with Crippen LogP contribution in [0.1, 0.15) is 15.9 Å². The molecule has 0 aliphatic carbocycles. The molecule has 0 unspecified atom stereocenters. The molecule has 0 spiro atoms. The molecule has 7 heteroatoms. The Morgan fingerprint density at radius 2 is 1.67 bits per heavy atom. The highest BCUT2D eigenvalue weighted by atomic mass is 32.2. The summed E-state index contributed by atoms with van der Waals surface area (Å²) in [7, 11) is 0. The first kappa shape index (κ1) is 18.2. The molecule has 0 fully saturated rings. The summed E-state index contributed by atoms with van der Waals surface area (Å²) < 4.78 is 14.4. The van der Waals surface area contributed by atoms with E-state index in [0.717, 1.165) is 21.9 Å². The number of halogens is 1. The Morgan fingerprint density at radius 3 is 2.52 bits per heavy atom. The zero-order valence-electron chi connectivity index (χ0n) is 14.0. The quantitative estimate of drug-likeness (QED) is 0.373. The fourth-order valence-corrected chi connectivity index (χ4v) is 5.45. The van der Waals surface area contributed by atoms with Crippen LogP contribution in [0, 0.1) is 5.82 Å². The van der Waals surface area contributed by atoms with Gasteiger partial charge in [-0.25, -0.2) is 4.39 Å². The van der Waals surface area contributed by atoms with Gasteiger partial charge in [-0.3, -0.25) is 4.79 Å². The fourth-order valence-electron chi connectivity index (χ4n) is 2.58. The molecular formula is C20H13FN2OS3. The lowest BCUT2D eigenvalue weighted by atomic mass is 10.1. The number of fused-ring (bicyclic) bond motifs is 1. The van der Waals surface area contributed by atoms with Gasteiger partial charge in [0.05, 0.1) is 0 Å². The van der Waals surface area contributed by atoms with Gasteiger partial charge in [-0.05, 0) is 52.4 Å². The fraction of sp³-hybridized carbons (Fsp3) is 0.0500. The zero-order chi connectivity index (χ0) is 18.6. The molecule has 0 N–H and O–H groups in total. The molecule has 0 saturated heterocycles. The number of rotatable bonds is 5. The van der Waals surface area contributed by atoms with Gasteiger partial charge < -0.3 is 0 Å². The van der Waals surface area contributed by atoms with Crippen LogP contribution in [0.2, 0.25) is 0 Å². The van der Waals surface area contributed by atoms with E-state index in [1.165, 1.54) is 51.9 Å². The lowest BCUT2D eigenvalue weighted by Crippen LogP contribution is -1.92. The number of hydrogen-bond acceptors (Lipinski definition) is 6. The van der Waals surface area contributed by atoms with Crippen LogP contribution in [0.4, 0.5) is 4.39 Å². The van der Waals surface area contributed by atoms with Crippen LogP contribution in [-0.2, 0) is 5.75 Å². The summed E-state index contributed by atoms with van der Waals surface area (Å²) in [5, 5.41) is 10.5. The molecule has 4 rings (SSSR count). The molecule has 1 aromatic heterocycles. The lowest BCUT2D eigenvalue weighted by molar-refractivity contribution is 0.108. The summed E-state index contributed by atoms with van der Waals surface area (Å²) in [6.07, 6.45) is 0. The number of benzene rings is 3. The third-order valence-corrected chi connectivity index (χ3v) is 6.96. The summed E-state index contributed by atoms with van der Waals surface area (Å²) in [5.74, 6) is 0.423. The van der Waals surface area contributed by atoms with E-state index in [2.05, 4.69) is 40.5 Å². The van der Waals surface area contributed by atoms with E-state index in [-0.39, 0.29) is 10.9 Å². The first-order valence-electron chi connectivity index (χ1n) is 8.10. The van der Waals surface area contributed by atoms with Gasteiger partial charge in [0.25, 0.3) is 0 Å². The Bertz CT molecular complexity index is 1090. The Hall–Kier alpha value is -2.22. The van der Waals surface area contributed by atoms with Crippen LogP contribution in [0.25, 0.3) is 10.8 Å². The topological polar surface area (TPSA) is 42.9 Å². The standard InChI is InChI=1S/C20H13FN2OS3/c21-16-10-8-14(9-11-16)18(24)26-20-23-22-19(27-20)25-12-15-6-3-5-13-4-1-2-7-17(13)15/h1-11H,12H2. The minimum absolute atomic E-state index is 0.170. The molecular weight excluding hydrogens is 399 g/mol. The largest absolute Gasteiger partial charge is 0.281 e. The van der Waals surface area contributed by atoms with Gasteiger partial charge in [0.1, 0.15) is 5.82 Å². The normalized spacial score (nSPS) is 11.0. The van der Waals surface area contributed by atoms with E-state index < -0.39 is 0 Å². The molecule has 0 aliphatic heterocycles. The molecule has 134 valence electrons. The first-order valence-corrected chi connectivity index (χ1v) is 10.7. The van der Waals surface area contributed by atoms with E-state index in [1.54, 1.807) is 11.8 Å². The van der Waals surface area contributed by atoms with Gasteiger partial charge in [0.2, 0.25) is 5.12 Å². The molecule has 0 saturated carbocycles. The van der Waals surface area contributed by atoms with Crippen LogP contribution in [0.3, 0.4) is 0 Å². The van der Waals surface area contributed by atoms with Gasteiger partial charge in [-0.15, -0.1) is 10.2 Å². The third-order valence-electron chi connectivity index (χ3n) is 3.88. The van der Waals surface area contributed by atoms with Gasteiger partial charge >= 0.3 is 0 Å². The SMILES string of the molecule is O=C(Sc1nnc(SCc2cccc3ccccc23)s1)c1ccc(F)cc1. The van der Waals surface area contributed by atoms with E-state index in [4.69, 9.17) is 0 Å². The van der Waals surface area contributed by atoms with E-state index in [1.807, 2.05) is 12.1 Å². The number of thioether (sulfide) groups is 2. The van der Waals surface area contributed by atoms with Crippen molar-refractivity contribution in [2.45, 2.75) is 14.4 Å². The summed E-state index contributed by atoms with van der Waals surface area (Å²) >= 11 is 4.02. The molecule has 27 heavy (non-hydrogen) atoms. The molecule has 0 bridgehead atoms. The highest BCUT2D eigenvalue weighted by Gasteiger charge is 2.13. The summed E-state index contributed by atoms with van der Waals surface area (Å²) in [6, 6.07) is 20.1. The Kier molecular flexibility index (Phi) is 5.52. The molecule has 0 atom stereocenters. The number of aromatic nitrogens is 2. The number of hydrogen-bond donors (Lipinski definition) is 0. The van der Waals surface area contributed by atoms with E-state index in [0.29, 0.717) is 9.90 Å². The number of carbonyl (C=O) groups excluding carboxylic acids is 1. The van der Waals surface area contributed by atoms with Crippen molar-refractivity contribution in [1.82, 2.24) is 10.2 Å². The second-order valence-corrected chi connectivity index (χ2v) is 9.08. The van der Waals surface area contributed by atoms with Crippen LogP contribution in [-0.4, -0.2) is 15.3 Å². The molecule has 0 aliphatic rings. The number of carbonyl (C=O) groups is 1. The van der Waals surface area contributed by atoms with Crippen LogP contribution in [0.15, 0.2) is 75.4 Å². The Balaban J connectivity index is 1.42. The molecule has 1 heterocycles. The molecule has 3 nitrogen and oxygen atoms in total. The Labute approximate surface area is 168 Å². The monoisotopic (exact) mass is 412 g/mol. The summed E-state index contributed by atoms with van der Waals surface area (Å²) in [6.45, 7) is 0. The van der Waals surface area contributed by atoms with Crippen molar-refractivity contribution in [3.05, 3.63) is 83.7 Å². The van der Waals surface area contributed by atoms with Gasteiger partial charge in [-0.2, -0.15) is 0 Å². The second kappa shape index (κ2) is 8.21. The molecule has 3 aromatic carbocycles. The van der Waals surface area contributed by atoms with Crippen LogP contribution < -0.4 is 0 Å². The zero-order valence-corrected chi connectivity index (χ0v) is 16.4. The molecule has 0 radical (unpaired) electrons. The highest BCUT2D eigenvalue weighted by Crippen LogP contribution is 2.33.